The summed E-state index contributed by atoms with van der Waals surface area (Å²) in [5, 5.41) is 9.94. The highest BCUT2D eigenvalue weighted by atomic mass is 32.1. The number of anilines is 1. The summed E-state index contributed by atoms with van der Waals surface area (Å²) in [7, 11) is 3.02. The third-order valence-corrected chi connectivity index (χ3v) is 6.35. The molecule has 2 amide bonds. The summed E-state index contributed by atoms with van der Waals surface area (Å²) >= 11 is 5.37. The summed E-state index contributed by atoms with van der Waals surface area (Å²) in [5.74, 6) is 0.891. The van der Waals surface area contributed by atoms with E-state index in [1.54, 1.807) is 16.7 Å². The van der Waals surface area contributed by atoms with E-state index in [1.165, 1.54) is 14.2 Å². The van der Waals surface area contributed by atoms with Crippen LogP contribution in [0, 0.1) is 11.7 Å². The van der Waals surface area contributed by atoms with Crippen LogP contribution in [0.5, 0.6) is 11.5 Å². The standard InChI is InChI=1S/C25H29N5O4S/c1-16-7-9-17(10-8-16)23-27-28-25(35)30(23)15-22(31)26-19-14-21(34-3)20(33-2)13-18(19)24(32)29-11-5-4-6-12-29/h7-10,13-14H,4-6,11-12,15H2,1-3H3,(H,26,31)(H,28,35). The van der Waals surface area contributed by atoms with Crippen LogP contribution in [-0.2, 0) is 11.3 Å². The number of carbonyl (C=O) groups excluding carboxylic acids is 2. The number of hydrogen-bond acceptors (Lipinski definition) is 6. The lowest BCUT2D eigenvalue weighted by molar-refractivity contribution is -0.116. The third-order valence-electron chi connectivity index (χ3n) is 6.04. The van der Waals surface area contributed by atoms with E-state index in [0.29, 0.717) is 46.4 Å². The van der Waals surface area contributed by atoms with Gasteiger partial charge in [0.2, 0.25) is 5.91 Å². The Morgan fingerprint density at radius 3 is 2.37 bits per heavy atom. The molecule has 0 aliphatic carbocycles. The van der Waals surface area contributed by atoms with Crippen LogP contribution in [0.1, 0.15) is 35.2 Å². The normalized spacial score (nSPS) is 13.4. The fourth-order valence-corrected chi connectivity index (χ4v) is 4.34. The van der Waals surface area contributed by atoms with E-state index in [9.17, 15) is 9.59 Å². The Labute approximate surface area is 209 Å². The first kappa shape index (κ1) is 24.5. The summed E-state index contributed by atoms with van der Waals surface area (Å²) in [6, 6.07) is 11.0. The molecule has 2 aromatic carbocycles. The first-order chi connectivity index (χ1) is 16.9. The number of carbonyl (C=O) groups is 2. The maximum atomic E-state index is 13.3. The van der Waals surface area contributed by atoms with Crippen molar-refractivity contribution in [2.24, 2.45) is 0 Å². The van der Waals surface area contributed by atoms with E-state index in [2.05, 4.69) is 15.5 Å². The Balaban J connectivity index is 1.63. The molecule has 1 aliphatic heterocycles. The molecule has 4 rings (SSSR count). The fourth-order valence-electron chi connectivity index (χ4n) is 4.15. The molecule has 0 radical (unpaired) electrons. The van der Waals surface area contributed by atoms with Gasteiger partial charge in [0.1, 0.15) is 6.54 Å². The summed E-state index contributed by atoms with van der Waals surface area (Å²) in [5.41, 5.74) is 2.66. The van der Waals surface area contributed by atoms with Gasteiger partial charge in [0.05, 0.1) is 25.5 Å². The van der Waals surface area contributed by atoms with Crippen LogP contribution in [-0.4, -0.2) is 58.8 Å². The third kappa shape index (κ3) is 5.37. The number of ether oxygens (including phenoxy) is 2. The van der Waals surface area contributed by atoms with Gasteiger partial charge in [-0.3, -0.25) is 19.3 Å². The molecule has 2 heterocycles. The lowest BCUT2D eigenvalue weighted by Crippen LogP contribution is -2.36. The van der Waals surface area contributed by atoms with Crippen molar-refractivity contribution in [2.45, 2.75) is 32.7 Å². The zero-order valence-corrected chi connectivity index (χ0v) is 20.9. The van der Waals surface area contributed by atoms with Crippen LogP contribution in [0.2, 0.25) is 0 Å². The van der Waals surface area contributed by atoms with E-state index in [1.807, 2.05) is 36.1 Å². The molecule has 10 heteroatoms. The van der Waals surface area contributed by atoms with Gasteiger partial charge in [-0.05, 0) is 44.5 Å². The number of benzene rings is 2. The minimum absolute atomic E-state index is 0.0791. The van der Waals surface area contributed by atoms with E-state index in [-0.39, 0.29) is 18.4 Å². The second kappa shape index (κ2) is 10.7. The number of methoxy groups -OCH3 is 2. The molecule has 0 unspecified atom stereocenters. The summed E-state index contributed by atoms with van der Waals surface area (Å²) < 4.78 is 12.8. The zero-order chi connectivity index (χ0) is 24.9. The monoisotopic (exact) mass is 495 g/mol. The number of aromatic amines is 1. The highest BCUT2D eigenvalue weighted by Gasteiger charge is 2.24. The molecule has 1 aliphatic rings. The van der Waals surface area contributed by atoms with Crippen molar-refractivity contribution in [3.05, 3.63) is 52.3 Å². The first-order valence-electron chi connectivity index (χ1n) is 11.5. The molecule has 0 atom stereocenters. The van der Waals surface area contributed by atoms with Gasteiger partial charge in [-0.15, -0.1) is 0 Å². The molecule has 1 fully saturated rings. The Bertz CT molecular complexity index is 1280. The summed E-state index contributed by atoms with van der Waals surface area (Å²) in [6.45, 7) is 3.29. The van der Waals surface area contributed by atoms with Gasteiger partial charge in [-0.25, -0.2) is 0 Å². The van der Waals surface area contributed by atoms with Gasteiger partial charge in [-0.2, -0.15) is 5.10 Å². The van der Waals surface area contributed by atoms with Gasteiger partial charge in [0, 0.05) is 24.7 Å². The maximum Gasteiger partial charge on any atom is 0.256 e. The number of amides is 2. The average Bonchev–Trinajstić information content (AvgIpc) is 3.23. The molecular formula is C25H29N5O4S. The molecule has 0 spiro atoms. The summed E-state index contributed by atoms with van der Waals surface area (Å²) in [6.07, 6.45) is 3.02. The van der Waals surface area contributed by atoms with Gasteiger partial charge >= 0.3 is 0 Å². The number of likely N-dealkylation sites (tertiary alicyclic amines) is 1. The van der Waals surface area contributed by atoms with Gasteiger partial charge < -0.3 is 19.7 Å². The average molecular weight is 496 g/mol. The van der Waals surface area contributed by atoms with E-state index in [4.69, 9.17) is 21.7 Å². The van der Waals surface area contributed by atoms with Gasteiger partial charge in [-0.1, -0.05) is 29.8 Å². The lowest BCUT2D eigenvalue weighted by atomic mass is 10.1. The van der Waals surface area contributed by atoms with Crippen LogP contribution in [0.15, 0.2) is 36.4 Å². The molecular weight excluding hydrogens is 466 g/mol. The molecule has 0 saturated carbocycles. The van der Waals surface area contributed by atoms with Gasteiger partial charge in [0.15, 0.2) is 22.1 Å². The Kier molecular flexibility index (Phi) is 7.50. The van der Waals surface area contributed by atoms with Crippen molar-refractivity contribution in [3.8, 4) is 22.9 Å². The van der Waals surface area contributed by atoms with Crippen LogP contribution >= 0.6 is 12.2 Å². The molecule has 35 heavy (non-hydrogen) atoms. The molecule has 3 aromatic rings. The molecule has 1 saturated heterocycles. The van der Waals surface area contributed by atoms with Gasteiger partial charge in [0.25, 0.3) is 5.91 Å². The first-order valence-corrected chi connectivity index (χ1v) is 11.9. The number of nitrogens with one attached hydrogen (secondary N) is 2. The van der Waals surface area contributed by atoms with Crippen molar-refractivity contribution in [2.75, 3.05) is 32.6 Å². The zero-order valence-electron chi connectivity index (χ0n) is 20.1. The fraction of sp³-hybridized carbons (Fsp3) is 0.360. The number of piperidine rings is 1. The Hall–Kier alpha value is -3.66. The van der Waals surface area contributed by atoms with Crippen LogP contribution < -0.4 is 14.8 Å². The van der Waals surface area contributed by atoms with E-state index < -0.39 is 0 Å². The smallest absolute Gasteiger partial charge is 0.256 e. The number of H-pyrrole nitrogens is 1. The number of rotatable bonds is 7. The van der Waals surface area contributed by atoms with E-state index in [0.717, 1.165) is 30.4 Å². The minimum Gasteiger partial charge on any atom is -0.493 e. The second-order valence-corrected chi connectivity index (χ2v) is 8.85. The van der Waals surface area contributed by atoms with Crippen LogP contribution in [0.4, 0.5) is 5.69 Å². The van der Waals surface area contributed by atoms with Crippen LogP contribution in [0.3, 0.4) is 0 Å². The maximum absolute atomic E-state index is 13.3. The largest absolute Gasteiger partial charge is 0.493 e. The lowest BCUT2D eigenvalue weighted by Gasteiger charge is -2.28. The number of aryl methyl sites for hydroxylation is 1. The van der Waals surface area contributed by atoms with Crippen LogP contribution in [0.25, 0.3) is 11.4 Å². The number of nitrogens with zero attached hydrogens (tertiary/aromatic N) is 3. The van der Waals surface area contributed by atoms with Crippen molar-refractivity contribution in [1.82, 2.24) is 19.7 Å². The Morgan fingerprint density at radius 2 is 1.71 bits per heavy atom. The topological polar surface area (TPSA) is 101 Å². The quantitative estimate of drug-likeness (QED) is 0.477. The predicted molar refractivity (Wildman–Crippen MR) is 136 cm³/mol. The van der Waals surface area contributed by atoms with Crippen molar-refractivity contribution in [3.63, 3.8) is 0 Å². The molecule has 1 aromatic heterocycles. The second-order valence-electron chi connectivity index (χ2n) is 8.46. The SMILES string of the molecule is COc1cc(NC(=O)Cn2c(-c3ccc(C)cc3)n[nH]c2=S)c(C(=O)N2CCCCC2)cc1OC. The number of aromatic nitrogens is 3. The summed E-state index contributed by atoms with van der Waals surface area (Å²) in [4.78, 5) is 28.3. The molecule has 9 nitrogen and oxygen atoms in total. The molecule has 184 valence electrons. The highest BCUT2D eigenvalue weighted by molar-refractivity contribution is 7.71. The van der Waals surface area contributed by atoms with Crippen molar-refractivity contribution >= 4 is 29.7 Å². The molecule has 0 bridgehead atoms. The highest BCUT2D eigenvalue weighted by Crippen LogP contribution is 2.34. The van der Waals surface area contributed by atoms with E-state index >= 15 is 0 Å². The molecule has 2 N–H and O–H groups in total. The van der Waals surface area contributed by atoms with Crippen molar-refractivity contribution < 1.29 is 19.1 Å². The number of hydrogen-bond donors (Lipinski definition) is 2. The Morgan fingerprint density at radius 1 is 1.06 bits per heavy atom. The minimum atomic E-state index is -0.351. The predicted octanol–water partition coefficient (Wildman–Crippen LogP) is 4.20. The van der Waals surface area contributed by atoms with Crippen molar-refractivity contribution in [1.29, 1.82) is 0 Å².